The molecular weight excluding hydrogens is 266 g/mol. The lowest BCUT2D eigenvalue weighted by Crippen LogP contribution is -2.20. The van der Waals surface area contributed by atoms with Gasteiger partial charge in [0.2, 0.25) is 0 Å². The van der Waals surface area contributed by atoms with Crippen LogP contribution in [-0.2, 0) is 17.8 Å². The Bertz CT molecular complexity index is 340. The molecule has 0 aromatic carbocycles. The Morgan fingerprint density at radius 3 is 3.28 bits per heavy atom. The van der Waals surface area contributed by atoms with Crippen molar-refractivity contribution >= 4 is 23.5 Å². The molecule has 0 spiro atoms. The zero-order valence-electron chi connectivity index (χ0n) is 10.8. The molecular formula is C12H21N3OS2. The van der Waals surface area contributed by atoms with Crippen LogP contribution in [0.25, 0.3) is 0 Å². The summed E-state index contributed by atoms with van der Waals surface area (Å²) >= 11 is 4.16. The molecule has 1 aromatic heterocycles. The van der Waals surface area contributed by atoms with E-state index in [0.717, 1.165) is 37.2 Å². The van der Waals surface area contributed by atoms with Crippen LogP contribution in [0.1, 0.15) is 5.69 Å². The fraction of sp³-hybridized carbons (Fsp3) is 0.750. The van der Waals surface area contributed by atoms with Crippen molar-refractivity contribution in [1.82, 2.24) is 14.9 Å². The summed E-state index contributed by atoms with van der Waals surface area (Å²) in [4.78, 5) is 4.42. The van der Waals surface area contributed by atoms with Crippen molar-refractivity contribution in [2.24, 2.45) is 0 Å². The third-order valence-corrected chi connectivity index (χ3v) is 5.60. The summed E-state index contributed by atoms with van der Waals surface area (Å²) in [5, 5.41) is 4.05. The van der Waals surface area contributed by atoms with Gasteiger partial charge in [-0.05, 0) is 0 Å². The van der Waals surface area contributed by atoms with E-state index in [2.05, 4.69) is 44.6 Å². The molecule has 0 radical (unpaired) electrons. The maximum Gasteiger partial charge on any atom is 0.0950 e. The van der Waals surface area contributed by atoms with Gasteiger partial charge in [-0.1, -0.05) is 0 Å². The summed E-state index contributed by atoms with van der Waals surface area (Å²) in [6, 6.07) is 0. The van der Waals surface area contributed by atoms with E-state index in [-0.39, 0.29) is 0 Å². The Balaban J connectivity index is 1.71. The quantitative estimate of drug-likeness (QED) is 0.769. The molecule has 0 amide bonds. The zero-order valence-corrected chi connectivity index (χ0v) is 12.4. The number of methoxy groups -OCH3 is 1. The number of hydrogen-bond acceptors (Lipinski definition) is 5. The Morgan fingerprint density at radius 1 is 1.56 bits per heavy atom. The van der Waals surface area contributed by atoms with Crippen LogP contribution in [-0.4, -0.2) is 52.3 Å². The predicted molar refractivity (Wildman–Crippen MR) is 79.4 cm³/mol. The Morgan fingerprint density at radius 2 is 2.50 bits per heavy atom. The van der Waals surface area contributed by atoms with Crippen LogP contribution in [0.3, 0.4) is 0 Å². The van der Waals surface area contributed by atoms with Crippen LogP contribution in [0.4, 0.5) is 0 Å². The van der Waals surface area contributed by atoms with Crippen LogP contribution >= 0.6 is 23.5 Å². The van der Waals surface area contributed by atoms with E-state index < -0.39 is 0 Å². The Kier molecular flexibility index (Phi) is 6.40. The van der Waals surface area contributed by atoms with Gasteiger partial charge in [0, 0.05) is 55.4 Å². The molecule has 2 heterocycles. The number of imidazole rings is 1. The van der Waals surface area contributed by atoms with Gasteiger partial charge < -0.3 is 14.6 Å². The number of nitrogens with zero attached hydrogens (tertiary/aromatic N) is 2. The largest absolute Gasteiger partial charge is 0.383 e. The van der Waals surface area contributed by atoms with E-state index in [1.165, 1.54) is 17.3 Å². The standard InChI is InChI=1S/C12H21N3OS2/c1-16-3-2-13-6-11-7-15(10-14-11)8-12-9-17-4-5-18-12/h7,10,12-13H,2-6,8-9H2,1H3. The number of aromatic nitrogens is 2. The van der Waals surface area contributed by atoms with Crippen LogP contribution in [0.2, 0.25) is 0 Å². The lowest BCUT2D eigenvalue weighted by molar-refractivity contribution is 0.199. The second-order valence-electron chi connectivity index (χ2n) is 4.30. The minimum atomic E-state index is 0.743. The fourth-order valence-corrected chi connectivity index (χ4v) is 4.54. The Hall–Kier alpha value is -0.170. The molecule has 1 fully saturated rings. The van der Waals surface area contributed by atoms with Crippen LogP contribution < -0.4 is 5.32 Å². The molecule has 6 heteroatoms. The molecule has 1 aliphatic rings. The van der Waals surface area contributed by atoms with Gasteiger partial charge in [0.05, 0.1) is 18.6 Å². The minimum Gasteiger partial charge on any atom is -0.383 e. The van der Waals surface area contributed by atoms with Gasteiger partial charge in [0.15, 0.2) is 0 Å². The van der Waals surface area contributed by atoms with Crippen molar-refractivity contribution in [2.45, 2.75) is 18.3 Å². The van der Waals surface area contributed by atoms with Gasteiger partial charge in [-0.3, -0.25) is 0 Å². The monoisotopic (exact) mass is 287 g/mol. The van der Waals surface area contributed by atoms with E-state index in [1.54, 1.807) is 7.11 Å². The molecule has 0 aliphatic carbocycles. The summed E-state index contributed by atoms with van der Waals surface area (Å²) in [6.45, 7) is 3.53. The van der Waals surface area contributed by atoms with E-state index in [1.807, 2.05) is 6.33 Å². The van der Waals surface area contributed by atoms with Crippen LogP contribution in [0.5, 0.6) is 0 Å². The second kappa shape index (κ2) is 8.09. The summed E-state index contributed by atoms with van der Waals surface area (Å²) in [5.41, 5.74) is 1.11. The molecule has 2 rings (SSSR count). The normalized spacial score (nSPS) is 20.2. The first kappa shape index (κ1) is 14.2. The van der Waals surface area contributed by atoms with Gasteiger partial charge in [-0.15, -0.1) is 0 Å². The Labute approximate surface area is 117 Å². The van der Waals surface area contributed by atoms with Crippen molar-refractivity contribution in [1.29, 1.82) is 0 Å². The molecule has 0 bridgehead atoms. The minimum absolute atomic E-state index is 0.743. The maximum atomic E-state index is 4.99. The first-order valence-corrected chi connectivity index (χ1v) is 8.48. The first-order valence-electron chi connectivity index (χ1n) is 6.28. The fourth-order valence-electron chi connectivity index (χ4n) is 1.87. The third kappa shape index (κ3) is 4.84. The van der Waals surface area contributed by atoms with E-state index in [4.69, 9.17) is 4.74 Å². The van der Waals surface area contributed by atoms with Crippen molar-refractivity contribution in [3.63, 3.8) is 0 Å². The summed E-state index contributed by atoms with van der Waals surface area (Å²) < 4.78 is 7.21. The van der Waals surface area contributed by atoms with E-state index in [0.29, 0.717) is 0 Å². The summed E-state index contributed by atoms with van der Waals surface area (Å²) in [7, 11) is 1.72. The predicted octanol–water partition coefficient (Wildman–Crippen LogP) is 1.47. The average molecular weight is 287 g/mol. The highest BCUT2D eigenvalue weighted by molar-refractivity contribution is 8.06. The molecule has 102 valence electrons. The number of nitrogens with one attached hydrogen (secondary N) is 1. The molecule has 18 heavy (non-hydrogen) atoms. The highest BCUT2D eigenvalue weighted by Crippen LogP contribution is 2.25. The average Bonchev–Trinajstić information content (AvgIpc) is 2.84. The van der Waals surface area contributed by atoms with Crippen molar-refractivity contribution in [3.05, 3.63) is 18.2 Å². The van der Waals surface area contributed by atoms with Gasteiger partial charge in [-0.2, -0.15) is 23.5 Å². The second-order valence-corrected chi connectivity index (χ2v) is 6.86. The van der Waals surface area contributed by atoms with Crippen molar-refractivity contribution in [2.75, 3.05) is 37.5 Å². The molecule has 4 nitrogen and oxygen atoms in total. The first-order chi connectivity index (χ1) is 8.88. The van der Waals surface area contributed by atoms with Crippen molar-refractivity contribution < 1.29 is 4.74 Å². The van der Waals surface area contributed by atoms with E-state index in [9.17, 15) is 0 Å². The third-order valence-electron chi connectivity index (χ3n) is 2.78. The number of thioether (sulfide) groups is 2. The zero-order chi connectivity index (χ0) is 12.6. The lowest BCUT2D eigenvalue weighted by Gasteiger charge is -2.20. The SMILES string of the molecule is COCCNCc1cn(CC2CSCCS2)cn1. The molecule has 0 saturated carbocycles. The van der Waals surface area contributed by atoms with Gasteiger partial charge in [-0.25, -0.2) is 4.98 Å². The molecule has 1 unspecified atom stereocenters. The molecule has 1 atom stereocenters. The molecule has 1 saturated heterocycles. The van der Waals surface area contributed by atoms with Gasteiger partial charge in [0.1, 0.15) is 0 Å². The molecule has 1 aromatic rings. The number of hydrogen-bond donors (Lipinski definition) is 1. The number of ether oxygens (including phenoxy) is 1. The lowest BCUT2D eigenvalue weighted by atomic mass is 10.4. The highest BCUT2D eigenvalue weighted by atomic mass is 32.2. The van der Waals surface area contributed by atoms with Gasteiger partial charge >= 0.3 is 0 Å². The highest BCUT2D eigenvalue weighted by Gasteiger charge is 2.14. The van der Waals surface area contributed by atoms with Crippen LogP contribution in [0, 0.1) is 0 Å². The van der Waals surface area contributed by atoms with Crippen LogP contribution in [0.15, 0.2) is 12.5 Å². The summed E-state index contributed by atoms with van der Waals surface area (Å²) in [5.74, 6) is 3.86. The topological polar surface area (TPSA) is 39.1 Å². The number of rotatable bonds is 7. The maximum absolute atomic E-state index is 4.99. The molecule has 1 N–H and O–H groups in total. The van der Waals surface area contributed by atoms with E-state index >= 15 is 0 Å². The summed E-state index contributed by atoms with van der Waals surface area (Å²) in [6.07, 6.45) is 4.10. The van der Waals surface area contributed by atoms with Crippen molar-refractivity contribution in [3.8, 4) is 0 Å². The molecule has 1 aliphatic heterocycles. The smallest absolute Gasteiger partial charge is 0.0950 e. The van der Waals surface area contributed by atoms with Gasteiger partial charge in [0.25, 0.3) is 0 Å².